The molecular weight excluding hydrogens is 388 g/mol. The highest BCUT2D eigenvalue weighted by atomic mass is 32.2. The second kappa shape index (κ2) is 9.43. The predicted octanol–water partition coefficient (Wildman–Crippen LogP) is 2.26. The summed E-state index contributed by atoms with van der Waals surface area (Å²) in [6, 6.07) is 9.34. The normalized spacial score (nSPS) is 11.0. The fourth-order valence-electron chi connectivity index (χ4n) is 2.20. The molecule has 0 aliphatic carbocycles. The van der Waals surface area contributed by atoms with Gasteiger partial charge in [0.25, 0.3) is 0 Å². The van der Waals surface area contributed by atoms with Crippen molar-refractivity contribution in [1.82, 2.24) is 5.32 Å². The Labute approximate surface area is 161 Å². The van der Waals surface area contributed by atoms with Crippen molar-refractivity contribution in [2.45, 2.75) is 24.2 Å². The molecule has 0 atom stereocenters. The third-order valence-electron chi connectivity index (χ3n) is 3.62. The van der Waals surface area contributed by atoms with Gasteiger partial charge in [0.2, 0.25) is 11.8 Å². The van der Waals surface area contributed by atoms with Crippen LogP contribution in [-0.2, 0) is 19.4 Å². The van der Waals surface area contributed by atoms with E-state index in [4.69, 9.17) is 0 Å². The van der Waals surface area contributed by atoms with E-state index in [2.05, 4.69) is 10.6 Å². The first-order valence-electron chi connectivity index (χ1n) is 8.19. The fraction of sp³-hybridized carbons (Fsp3) is 0.278. The molecule has 27 heavy (non-hydrogen) atoms. The van der Waals surface area contributed by atoms with Crippen LogP contribution in [0.25, 0.3) is 0 Å². The molecule has 0 aliphatic rings. The highest BCUT2D eigenvalue weighted by molar-refractivity contribution is 7.90. The zero-order valence-electron chi connectivity index (χ0n) is 14.7. The van der Waals surface area contributed by atoms with Crippen LogP contribution in [0.15, 0.2) is 46.7 Å². The van der Waals surface area contributed by atoms with Gasteiger partial charge in [0.15, 0.2) is 15.6 Å². The number of carbonyl (C=O) groups excluding carboxylic acids is 3. The van der Waals surface area contributed by atoms with Crippen molar-refractivity contribution in [2.24, 2.45) is 0 Å². The maximum Gasteiger partial charge on any atom is 0.226 e. The summed E-state index contributed by atoms with van der Waals surface area (Å²) in [4.78, 5) is 36.2. The Kier molecular flexibility index (Phi) is 7.26. The van der Waals surface area contributed by atoms with Crippen LogP contribution in [0.2, 0.25) is 0 Å². The van der Waals surface area contributed by atoms with E-state index >= 15 is 0 Å². The zero-order chi connectivity index (χ0) is 19.9. The summed E-state index contributed by atoms with van der Waals surface area (Å²) in [5.74, 6) is -0.669. The summed E-state index contributed by atoms with van der Waals surface area (Å²) in [5, 5.41) is 7.03. The summed E-state index contributed by atoms with van der Waals surface area (Å²) < 4.78 is 22.8. The largest absolute Gasteiger partial charge is 0.356 e. The minimum absolute atomic E-state index is 0.0679. The molecular formula is C18H20N2O5S2. The van der Waals surface area contributed by atoms with Crippen molar-refractivity contribution in [3.63, 3.8) is 0 Å². The molecule has 0 saturated heterocycles. The molecule has 0 bridgehead atoms. The highest BCUT2D eigenvalue weighted by Gasteiger charge is 2.11. The summed E-state index contributed by atoms with van der Waals surface area (Å²) in [6.07, 6.45) is 1.38. The van der Waals surface area contributed by atoms with Crippen LogP contribution in [0.1, 0.15) is 28.9 Å². The lowest BCUT2D eigenvalue weighted by atomic mass is 10.2. The van der Waals surface area contributed by atoms with Gasteiger partial charge in [-0.15, -0.1) is 11.3 Å². The monoisotopic (exact) mass is 408 g/mol. The smallest absolute Gasteiger partial charge is 0.226 e. The number of thiophene rings is 1. The van der Waals surface area contributed by atoms with Crippen LogP contribution in [0.3, 0.4) is 0 Å². The maximum atomic E-state index is 11.9. The molecule has 1 heterocycles. The molecule has 2 N–H and O–H groups in total. The van der Waals surface area contributed by atoms with Crippen molar-refractivity contribution >= 4 is 44.5 Å². The average molecular weight is 409 g/mol. The fourth-order valence-corrected chi connectivity index (χ4v) is 3.53. The van der Waals surface area contributed by atoms with Gasteiger partial charge < -0.3 is 10.6 Å². The van der Waals surface area contributed by atoms with Crippen molar-refractivity contribution in [3.8, 4) is 0 Å². The number of rotatable bonds is 9. The average Bonchev–Trinajstić information content (AvgIpc) is 3.14. The number of hydrogen-bond acceptors (Lipinski definition) is 6. The Hall–Kier alpha value is -2.52. The third-order valence-corrected chi connectivity index (χ3v) is 5.65. The van der Waals surface area contributed by atoms with Crippen molar-refractivity contribution in [1.29, 1.82) is 0 Å². The molecule has 1 aromatic heterocycles. The zero-order valence-corrected chi connectivity index (χ0v) is 16.4. The van der Waals surface area contributed by atoms with Crippen molar-refractivity contribution in [2.75, 3.05) is 18.1 Å². The van der Waals surface area contributed by atoms with Crippen LogP contribution in [-0.4, -0.2) is 38.8 Å². The minimum Gasteiger partial charge on any atom is -0.356 e. The van der Waals surface area contributed by atoms with E-state index in [1.807, 2.05) is 0 Å². The van der Waals surface area contributed by atoms with Gasteiger partial charge >= 0.3 is 0 Å². The topological polar surface area (TPSA) is 109 Å². The van der Waals surface area contributed by atoms with E-state index in [-0.39, 0.29) is 48.3 Å². The van der Waals surface area contributed by atoms with Gasteiger partial charge in [0.05, 0.1) is 9.77 Å². The quantitative estimate of drug-likeness (QED) is 0.619. The molecule has 9 heteroatoms. The number of nitrogens with one attached hydrogen (secondary N) is 2. The Bertz CT molecular complexity index is 904. The number of ketones is 1. The maximum absolute atomic E-state index is 11.9. The Morgan fingerprint density at radius 2 is 1.67 bits per heavy atom. The van der Waals surface area contributed by atoms with Crippen molar-refractivity contribution < 1.29 is 22.8 Å². The molecule has 2 amide bonds. The SMILES string of the molecule is CS(=O)(=O)c1ccc(NC(=O)CCNC(=O)CCC(=O)c2cccs2)cc1. The van der Waals surface area contributed by atoms with E-state index in [1.165, 1.54) is 35.6 Å². The standard InChI is InChI=1S/C18H20N2O5S2/c1-27(24,25)14-6-4-13(5-7-14)20-18(23)10-11-19-17(22)9-8-15(21)16-3-2-12-26-16/h2-7,12H,8-11H2,1H3,(H,19,22)(H,20,23). The van der Waals surface area contributed by atoms with Crippen LogP contribution in [0.4, 0.5) is 5.69 Å². The van der Waals surface area contributed by atoms with Crippen LogP contribution in [0, 0.1) is 0 Å². The molecule has 0 spiro atoms. The van der Waals surface area contributed by atoms with Gasteiger partial charge in [-0.3, -0.25) is 14.4 Å². The molecule has 1 aromatic carbocycles. The number of amides is 2. The molecule has 2 aromatic rings. The Balaban J connectivity index is 1.68. The summed E-state index contributed by atoms with van der Waals surface area (Å²) in [7, 11) is -3.28. The molecule has 0 saturated carbocycles. The van der Waals surface area contributed by atoms with Gasteiger partial charge in [-0.2, -0.15) is 0 Å². The van der Waals surface area contributed by atoms with Crippen molar-refractivity contribution in [3.05, 3.63) is 46.7 Å². The molecule has 0 fully saturated rings. The lowest BCUT2D eigenvalue weighted by molar-refractivity contribution is -0.121. The second-order valence-electron chi connectivity index (χ2n) is 5.85. The number of hydrogen-bond donors (Lipinski definition) is 2. The van der Waals surface area contributed by atoms with Gasteiger partial charge in [-0.1, -0.05) is 6.07 Å². The number of carbonyl (C=O) groups is 3. The number of anilines is 1. The summed E-state index contributed by atoms with van der Waals surface area (Å²) in [6.45, 7) is 0.152. The van der Waals surface area contributed by atoms with Gasteiger partial charge in [0, 0.05) is 37.8 Å². The Morgan fingerprint density at radius 3 is 2.26 bits per heavy atom. The molecule has 0 aliphatic heterocycles. The number of Topliss-reactive ketones (excluding diaryl/α,β-unsaturated/α-hetero) is 1. The van der Waals surface area contributed by atoms with E-state index in [0.717, 1.165) is 6.26 Å². The second-order valence-corrected chi connectivity index (χ2v) is 8.81. The lowest BCUT2D eigenvalue weighted by Gasteiger charge is -2.07. The number of sulfone groups is 1. The first-order chi connectivity index (χ1) is 12.8. The van der Waals surface area contributed by atoms with Gasteiger partial charge in [0.1, 0.15) is 0 Å². The lowest BCUT2D eigenvalue weighted by Crippen LogP contribution is -2.27. The van der Waals surface area contributed by atoms with E-state index in [0.29, 0.717) is 10.6 Å². The van der Waals surface area contributed by atoms with Crippen LogP contribution < -0.4 is 10.6 Å². The molecule has 0 unspecified atom stereocenters. The van der Waals surface area contributed by atoms with Crippen LogP contribution in [0.5, 0.6) is 0 Å². The van der Waals surface area contributed by atoms with Gasteiger partial charge in [-0.25, -0.2) is 8.42 Å². The predicted molar refractivity (Wildman–Crippen MR) is 104 cm³/mol. The first kappa shape index (κ1) is 20.8. The summed E-state index contributed by atoms with van der Waals surface area (Å²) >= 11 is 1.34. The Morgan fingerprint density at radius 1 is 0.963 bits per heavy atom. The van der Waals surface area contributed by atoms with Crippen LogP contribution >= 0.6 is 11.3 Å². The van der Waals surface area contributed by atoms with Gasteiger partial charge in [-0.05, 0) is 35.7 Å². The minimum atomic E-state index is -3.28. The highest BCUT2D eigenvalue weighted by Crippen LogP contribution is 2.14. The molecule has 144 valence electrons. The van der Waals surface area contributed by atoms with E-state index in [9.17, 15) is 22.8 Å². The molecule has 7 nitrogen and oxygen atoms in total. The first-order valence-corrected chi connectivity index (χ1v) is 11.0. The third kappa shape index (κ3) is 6.95. The molecule has 2 rings (SSSR count). The van der Waals surface area contributed by atoms with E-state index in [1.54, 1.807) is 17.5 Å². The molecule has 0 radical (unpaired) electrons. The number of benzene rings is 1. The summed E-state index contributed by atoms with van der Waals surface area (Å²) in [5.41, 5.74) is 0.472. The van der Waals surface area contributed by atoms with E-state index < -0.39 is 9.84 Å².